The van der Waals surface area contributed by atoms with Crippen molar-refractivity contribution in [3.05, 3.63) is 27.4 Å². The van der Waals surface area contributed by atoms with Crippen LogP contribution in [0.2, 0.25) is 0 Å². The van der Waals surface area contributed by atoms with E-state index in [-0.39, 0.29) is 0 Å². The van der Waals surface area contributed by atoms with Gasteiger partial charge < -0.3 is 21.6 Å². The third kappa shape index (κ3) is 1.87. The molecule has 0 fully saturated rings. The van der Waals surface area contributed by atoms with Gasteiger partial charge in [0.25, 0.3) is 17.4 Å². The summed E-state index contributed by atoms with van der Waals surface area (Å²) < 4.78 is 0. The molecule has 0 radical (unpaired) electrons. The number of rotatable bonds is 3. The van der Waals surface area contributed by atoms with Crippen molar-refractivity contribution in [3.63, 3.8) is 0 Å². The van der Waals surface area contributed by atoms with Crippen LogP contribution in [-0.2, 0) is 0 Å². The van der Waals surface area contributed by atoms with Crippen molar-refractivity contribution in [2.24, 2.45) is 11.5 Å². The molecule has 9 heteroatoms. The van der Waals surface area contributed by atoms with Crippen LogP contribution in [0.25, 0.3) is 0 Å². The number of nitrogens with zero attached hydrogens (tertiary/aromatic N) is 1. The maximum atomic E-state index is 11.2. The fourth-order valence-corrected chi connectivity index (χ4v) is 0.981. The average molecular weight is 226 g/mol. The van der Waals surface area contributed by atoms with Crippen molar-refractivity contribution in [1.29, 1.82) is 0 Å². The number of aromatic nitrogens is 2. The molecule has 0 saturated carbocycles. The van der Waals surface area contributed by atoms with Gasteiger partial charge in [0.1, 0.15) is 11.3 Å². The standard InChI is InChI=1S/C7H6N4O5/c8-3(12)1-2(4(9)13)10-5(7(15)16)11-6(1)14/h(H2,8,12)(H2,9,13)(H,15,16)(H,10,11,14). The van der Waals surface area contributed by atoms with Crippen molar-refractivity contribution in [2.75, 3.05) is 0 Å². The largest absolute Gasteiger partial charge is 0.475 e. The second kappa shape index (κ2) is 3.81. The summed E-state index contributed by atoms with van der Waals surface area (Å²) in [5.74, 6) is -4.82. The summed E-state index contributed by atoms with van der Waals surface area (Å²) in [6.45, 7) is 0. The molecular formula is C7H6N4O5. The molecule has 16 heavy (non-hydrogen) atoms. The minimum atomic E-state index is -1.57. The number of nitrogens with one attached hydrogen (secondary N) is 1. The van der Waals surface area contributed by atoms with Crippen molar-refractivity contribution in [3.8, 4) is 0 Å². The first-order chi connectivity index (χ1) is 7.34. The molecule has 2 amide bonds. The molecule has 1 aromatic rings. The first kappa shape index (κ1) is 11.4. The lowest BCUT2D eigenvalue weighted by atomic mass is 10.2. The Hall–Kier alpha value is -2.71. The number of nitrogens with two attached hydrogens (primary N) is 2. The summed E-state index contributed by atoms with van der Waals surface area (Å²) in [7, 11) is 0. The minimum absolute atomic E-state index is 0.766. The molecule has 0 atom stereocenters. The molecule has 1 heterocycles. The fraction of sp³-hybridized carbons (Fsp3) is 0. The molecule has 9 nitrogen and oxygen atoms in total. The number of carbonyl (C=O) groups is 3. The Kier molecular flexibility index (Phi) is 2.70. The Morgan fingerprint density at radius 1 is 1.19 bits per heavy atom. The van der Waals surface area contributed by atoms with E-state index in [0.717, 1.165) is 0 Å². The Morgan fingerprint density at radius 3 is 2.12 bits per heavy atom. The second-order valence-corrected chi connectivity index (χ2v) is 2.67. The summed E-state index contributed by atoms with van der Waals surface area (Å²) in [5, 5.41) is 8.54. The predicted molar refractivity (Wildman–Crippen MR) is 48.9 cm³/mol. The molecule has 0 aliphatic rings. The third-order valence-electron chi connectivity index (χ3n) is 1.60. The maximum Gasteiger partial charge on any atom is 0.372 e. The number of aromatic carboxylic acids is 1. The van der Waals surface area contributed by atoms with Crippen LogP contribution >= 0.6 is 0 Å². The van der Waals surface area contributed by atoms with Crippen LogP contribution in [0.1, 0.15) is 31.5 Å². The van der Waals surface area contributed by atoms with Gasteiger partial charge in [0, 0.05) is 0 Å². The fourth-order valence-electron chi connectivity index (χ4n) is 0.981. The monoisotopic (exact) mass is 226 g/mol. The summed E-state index contributed by atoms with van der Waals surface area (Å²) in [5.41, 5.74) is 6.99. The normalized spacial score (nSPS) is 9.75. The van der Waals surface area contributed by atoms with Gasteiger partial charge >= 0.3 is 5.97 Å². The van der Waals surface area contributed by atoms with Crippen LogP contribution in [0.3, 0.4) is 0 Å². The van der Waals surface area contributed by atoms with Crippen LogP contribution in [0, 0.1) is 0 Å². The van der Waals surface area contributed by atoms with Crippen LogP contribution < -0.4 is 17.0 Å². The smallest absolute Gasteiger partial charge is 0.372 e. The highest BCUT2D eigenvalue weighted by Gasteiger charge is 2.22. The van der Waals surface area contributed by atoms with Crippen molar-refractivity contribution in [2.45, 2.75) is 0 Å². The molecule has 1 aromatic heterocycles. The van der Waals surface area contributed by atoms with Crippen LogP contribution in [-0.4, -0.2) is 32.9 Å². The molecule has 0 unspecified atom stereocenters. The molecule has 0 spiro atoms. The Bertz CT molecular complexity index is 546. The number of hydrogen-bond acceptors (Lipinski definition) is 5. The number of amides is 2. The van der Waals surface area contributed by atoms with Crippen molar-refractivity contribution >= 4 is 17.8 Å². The van der Waals surface area contributed by atoms with Crippen LogP contribution in [0.15, 0.2) is 4.79 Å². The van der Waals surface area contributed by atoms with E-state index in [1.54, 1.807) is 4.98 Å². The number of H-pyrrole nitrogens is 1. The number of carboxylic acids is 1. The topological polar surface area (TPSA) is 169 Å². The summed E-state index contributed by atoms with van der Waals surface area (Å²) >= 11 is 0. The lowest BCUT2D eigenvalue weighted by Crippen LogP contribution is -2.33. The third-order valence-corrected chi connectivity index (χ3v) is 1.60. The second-order valence-electron chi connectivity index (χ2n) is 2.67. The summed E-state index contributed by atoms with van der Waals surface area (Å²) in [6, 6.07) is 0. The van der Waals surface area contributed by atoms with Gasteiger partial charge in [-0.2, -0.15) is 0 Å². The molecule has 0 aliphatic heterocycles. The average Bonchev–Trinajstić information content (AvgIpc) is 2.15. The zero-order valence-electron chi connectivity index (χ0n) is 7.68. The Morgan fingerprint density at radius 2 is 1.75 bits per heavy atom. The SMILES string of the molecule is NC(=O)c1nc(C(=O)O)[nH]c(=O)c1C(N)=O. The highest BCUT2D eigenvalue weighted by Crippen LogP contribution is 1.99. The highest BCUT2D eigenvalue weighted by atomic mass is 16.4. The first-order valence-electron chi connectivity index (χ1n) is 3.81. The van der Waals surface area contributed by atoms with E-state index in [1.165, 1.54) is 0 Å². The van der Waals surface area contributed by atoms with Crippen molar-refractivity contribution < 1.29 is 19.5 Å². The molecule has 6 N–H and O–H groups in total. The molecule has 0 aliphatic carbocycles. The number of carbonyl (C=O) groups excluding carboxylic acids is 2. The van der Waals surface area contributed by atoms with E-state index < -0.39 is 40.4 Å². The quantitative estimate of drug-likeness (QED) is 0.450. The Balaban J connectivity index is 3.65. The number of primary amides is 2. The molecular weight excluding hydrogens is 220 g/mol. The van der Waals surface area contributed by atoms with Gasteiger partial charge in [-0.05, 0) is 0 Å². The number of hydrogen-bond donors (Lipinski definition) is 4. The number of aromatic amines is 1. The van der Waals surface area contributed by atoms with E-state index in [0.29, 0.717) is 0 Å². The van der Waals surface area contributed by atoms with Gasteiger partial charge in [-0.1, -0.05) is 0 Å². The van der Waals surface area contributed by atoms with Crippen molar-refractivity contribution in [1.82, 2.24) is 9.97 Å². The number of carboxylic acid groups (broad SMARTS) is 1. The van der Waals surface area contributed by atoms with E-state index >= 15 is 0 Å². The summed E-state index contributed by atoms with van der Waals surface area (Å²) in [4.78, 5) is 48.4. The molecule has 0 saturated heterocycles. The Labute approximate surface area is 87.1 Å². The predicted octanol–water partition coefficient (Wildman–Crippen LogP) is -2.33. The summed E-state index contributed by atoms with van der Waals surface area (Å²) in [6.07, 6.45) is 0. The van der Waals surface area contributed by atoms with Gasteiger partial charge in [-0.3, -0.25) is 14.4 Å². The molecule has 0 aromatic carbocycles. The van der Waals surface area contributed by atoms with E-state index in [2.05, 4.69) is 4.98 Å². The zero-order valence-corrected chi connectivity index (χ0v) is 7.68. The lowest BCUT2D eigenvalue weighted by molar-refractivity contribution is 0.0682. The van der Waals surface area contributed by atoms with Crippen LogP contribution in [0.4, 0.5) is 0 Å². The van der Waals surface area contributed by atoms with E-state index in [1.807, 2.05) is 0 Å². The lowest BCUT2D eigenvalue weighted by Gasteiger charge is -2.02. The van der Waals surface area contributed by atoms with Gasteiger partial charge in [0.15, 0.2) is 0 Å². The molecule has 1 rings (SSSR count). The van der Waals surface area contributed by atoms with E-state index in [9.17, 15) is 19.2 Å². The highest BCUT2D eigenvalue weighted by molar-refractivity contribution is 6.05. The maximum absolute atomic E-state index is 11.2. The zero-order chi connectivity index (χ0) is 12.5. The van der Waals surface area contributed by atoms with E-state index in [4.69, 9.17) is 16.6 Å². The van der Waals surface area contributed by atoms with Gasteiger partial charge in [-0.15, -0.1) is 0 Å². The van der Waals surface area contributed by atoms with Gasteiger partial charge in [0.2, 0.25) is 5.82 Å². The van der Waals surface area contributed by atoms with Gasteiger partial charge in [0.05, 0.1) is 0 Å². The minimum Gasteiger partial charge on any atom is -0.475 e. The van der Waals surface area contributed by atoms with Gasteiger partial charge in [-0.25, -0.2) is 9.78 Å². The molecule has 84 valence electrons. The molecule has 0 bridgehead atoms. The first-order valence-corrected chi connectivity index (χ1v) is 3.81. The van der Waals surface area contributed by atoms with Crippen LogP contribution in [0.5, 0.6) is 0 Å².